The van der Waals surface area contributed by atoms with E-state index in [-0.39, 0.29) is 23.8 Å². The quantitative estimate of drug-likeness (QED) is 0.0340. The van der Waals surface area contributed by atoms with Crippen LogP contribution in [-0.2, 0) is 28.6 Å². The molecule has 0 aromatic heterocycles. The monoisotopic (exact) mass is 863 g/mol. The molecule has 61 heavy (non-hydrogen) atoms. The highest BCUT2D eigenvalue weighted by Crippen LogP contribution is 2.24. The summed E-state index contributed by atoms with van der Waals surface area (Å²) in [7, 11) is 2.18. The minimum absolute atomic E-state index is 0.00848. The van der Waals surface area contributed by atoms with Crippen molar-refractivity contribution in [3.05, 3.63) is 0 Å². The van der Waals surface area contributed by atoms with Crippen molar-refractivity contribution >= 4 is 17.9 Å². The van der Waals surface area contributed by atoms with Crippen molar-refractivity contribution in [3.8, 4) is 0 Å². The van der Waals surface area contributed by atoms with Gasteiger partial charge in [-0.05, 0) is 63.8 Å². The van der Waals surface area contributed by atoms with Crippen LogP contribution >= 0.6 is 0 Å². The highest BCUT2D eigenvalue weighted by atomic mass is 16.5. The second-order valence-electron chi connectivity index (χ2n) is 19.1. The Morgan fingerprint density at radius 1 is 0.410 bits per heavy atom. The third-order valence-electron chi connectivity index (χ3n) is 13.4. The average molecular weight is 863 g/mol. The van der Waals surface area contributed by atoms with Crippen LogP contribution in [0.2, 0.25) is 0 Å². The van der Waals surface area contributed by atoms with Gasteiger partial charge in [-0.2, -0.15) is 0 Å². The van der Waals surface area contributed by atoms with Gasteiger partial charge in [-0.1, -0.05) is 188 Å². The van der Waals surface area contributed by atoms with Crippen molar-refractivity contribution in [2.75, 3.05) is 59.6 Å². The number of esters is 3. The fourth-order valence-corrected chi connectivity index (χ4v) is 9.01. The Balaban J connectivity index is 2.33. The summed E-state index contributed by atoms with van der Waals surface area (Å²) in [5.74, 6) is 1.28. The van der Waals surface area contributed by atoms with Crippen molar-refractivity contribution in [2.45, 2.75) is 246 Å². The van der Waals surface area contributed by atoms with Gasteiger partial charge >= 0.3 is 17.9 Å². The predicted octanol–water partition coefficient (Wildman–Crippen LogP) is 14.1. The maximum absolute atomic E-state index is 13.3. The molecule has 0 radical (unpaired) electrons. The van der Waals surface area contributed by atoms with Gasteiger partial charge in [0, 0.05) is 45.6 Å². The molecule has 0 saturated carbocycles. The molecular weight excluding hydrogens is 761 g/mol. The Morgan fingerprint density at radius 2 is 0.787 bits per heavy atom. The lowest BCUT2D eigenvalue weighted by Gasteiger charge is -2.32. The number of unbranched alkanes of at least 4 members (excludes halogenated alkanes) is 17. The second-order valence-corrected chi connectivity index (χ2v) is 19.1. The van der Waals surface area contributed by atoms with Crippen molar-refractivity contribution in [3.63, 3.8) is 0 Å². The number of hydrogen-bond acceptors (Lipinski definition) is 8. The fraction of sp³-hybridized carbons (Fsp3) is 0.943. The summed E-state index contributed by atoms with van der Waals surface area (Å²) in [5, 5.41) is 0. The van der Waals surface area contributed by atoms with Gasteiger partial charge < -0.3 is 24.0 Å². The zero-order valence-corrected chi connectivity index (χ0v) is 41.3. The van der Waals surface area contributed by atoms with Gasteiger partial charge in [0.2, 0.25) is 0 Å². The molecule has 1 aliphatic heterocycles. The number of likely N-dealkylation sites (N-methyl/N-ethyl adjacent to an activating group) is 1. The Labute approximate surface area is 378 Å². The molecule has 8 heteroatoms. The third kappa shape index (κ3) is 35.4. The minimum atomic E-state index is -0.0382. The Hall–Kier alpha value is -1.67. The van der Waals surface area contributed by atoms with Crippen LogP contribution in [0.3, 0.4) is 0 Å². The van der Waals surface area contributed by atoms with Crippen molar-refractivity contribution in [1.29, 1.82) is 0 Å². The van der Waals surface area contributed by atoms with Gasteiger partial charge in [0.1, 0.15) is 0 Å². The first kappa shape index (κ1) is 57.3. The standard InChI is InChI=1S/C53H102N2O6/c1-6-10-21-30-48(31-22-11-7-2)38-46-59-51(56)36-27-19-15-14-17-25-34-50(53(58)61-45-29-40-55-43-41-54(5)42-44-55)35-26-18-16-20-28-37-52(57)60-47-39-49(32-23-12-8-3)33-24-13-9-4/h48-50H,6-47H2,1-5H3. The molecule has 0 aromatic carbocycles. The SMILES string of the molecule is CCCCCC(CCCCC)CCOC(=O)CCCCCCCCC(CCCCCCCC(=O)OCCC(CCCCC)CCCCC)C(=O)OCCCN1CCN(C)CC1. The van der Waals surface area contributed by atoms with E-state index >= 15 is 0 Å². The zero-order chi connectivity index (χ0) is 44.4. The van der Waals surface area contributed by atoms with Gasteiger partial charge in [0.05, 0.1) is 25.7 Å². The van der Waals surface area contributed by atoms with Crippen LogP contribution in [0.5, 0.6) is 0 Å². The van der Waals surface area contributed by atoms with E-state index in [4.69, 9.17) is 14.2 Å². The number of nitrogens with zero attached hydrogens (tertiary/aromatic N) is 2. The molecule has 1 atom stereocenters. The van der Waals surface area contributed by atoms with Crippen LogP contribution in [0.15, 0.2) is 0 Å². The number of ether oxygens (including phenoxy) is 3. The van der Waals surface area contributed by atoms with E-state index in [0.717, 1.165) is 135 Å². The summed E-state index contributed by atoms with van der Waals surface area (Å²) < 4.78 is 17.2. The summed E-state index contributed by atoms with van der Waals surface area (Å²) in [4.78, 5) is 43.0. The third-order valence-corrected chi connectivity index (χ3v) is 13.4. The Kier molecular flexibility index (Phi) is 39.8. The van der Waals surface area contributed by atoms with Crippen LogP contribution in [-0.4, -0.2) is 87.3 Å². The predicted molar refractivity (Wildman–Crippen MR) is 257 cm³/mol. The normalized spacial score (nSPS) is 14.2. The topological polar surface area (TPSA) is 85.4 Å². The first-order valence-corrected chi connectivity index (χ1v) is 26.7. The number of piperazine rings is 1. The average Bonchev–Trinajstić information content (AvgIpc) is 3.25. The molecule has 8 nitrogen and oxygen atoms in total. The van der Waals surface area contributed by atoms with E-state index in [1.54, 1.807) is 0 Å². The first-order chi connectivity index (χ1) is 29.8. The lowest BCUT2D eigenvalue weighted by atomic mass is 9.92. The second kappa shape index (κ2) is 42.3. The number of carbonyl (C=O) groups is 3. The summed E-state index contributed by atoms with van der Waals surface area (Å²) in [6, 6.07) is 0. The van der Waals surface area contributed by atoms with Crippen LogP contribution < -0.4 is 0 Å². The van der Waals surface area contributed by atoms with Gasteiger partial charge in [-0.15, -0.1) is 0 Å². The summed E-state index contributed by atoms with van der Waals surface area (Å²) in [5.41, 5.74) is 0. The Morgan fingerprint density at radius 3 is 1.20 bits per heavy atom. The van der Waals surface area contributed by atoms with Gasteiger partial charge in [-0.3, -0.25) is 14.4 Å². The molecule has 0 spiro atoms. The van der Waals surface area contributed by atoms with Crippen LogP contribution in [0.1, 0.15) is 246 Å². The van der Waals surface area contributed by atoms with E-state index < -0.39 is 0 Å². The molecule has 0 N–H and O–H groups in total. The molecule has 1 heterocycles. The van der Waals surface area contributed by atoms with Crippen LogP contribution in [0.25, 0.3) is 0 Å². The number of hydrogen-bond donors (Lipinski definition) is 0. The van der Waals surface area contributed by atoms with Gasteiger partial charge in [0.25, 0.3) is 0 Å². The molecule has 0 aliphatic carbocycles. The lowest BCUT2D eigenvalue weighted by molar-refractivity contribution is -0.149. The number of carbonyl (C=O) groups excluding carboxylic acids is 3. The van der Waals surface area contributed by atoms with Gasteiger partial charge in [-0.25, -0.2) is 0 Å². The highest BCUT2D eigenvalue weighted by Gasteiger charge is 2.20. The minimum Gasteiger partial charge on any atom is -0.466 e. The fourth-order valence-electron chi connectivity index (χ4n) is 9.01. The largest absolute Gasteiger partial charge is 0.466 e. The first-order valence-electron chi connectivity index (χ1n) is 26.7. The molecule has 1 unspecified atom stereocenters. The van der Waals surface area contributed by atoms with Gasteiger partial charge in [0.15, 0.2) is 0 Å². The van der Waals surface area contributed by atoms with E-state index in [1.165, 1.54) is 103 Å². The van der Waals surface area contributed by atoms with Crippen molar-refractivity contribution < 1.29 is 28.6 Å². The van der Waals surface area contributed by atoms with Crippen LogP contribution in [0.4, 0.5) is 0 Å². The molecule has 1 aliphatic rings. The molecule has 1 saturated heterocycles. The number of rotatable bonds is 44. The highest BCUT2D eigenvalue weighted by molar-refractivity contribution is 5.72. The van der Waals surface area contributed by atoms with Crippen molar-refractivity contribution in [2.24, 2.45) is 17.8 Å². The van der Waals surface area contributed by atoms with Crippen LogP contribution in [0, 0.1) is 17.8 Å². The van der Waals surface area contributed by atoms with E-state index in [0.29, 0.717) is 44.5 Å². The summed E-state index contributed by atoms with van der Waals surface area (Å²) in [6.07, 6.45) is 37.7. The molecule has 1 fully saturated rings. The molecule has 360 valence electrons. The maximum Gasteiger partial charge on any atom is 0.308 e. The molecule has 1 rings (SSSR count). The molecular formula is C53H102N2O6. The maximum atomic E-state index is 13.3. The smallest absolute Gasteiger partial charge is 0.308 e. The molecule has 0 aromatic rings. The Bertz CT molecular complexity index is 981. The molecule has 0 bridgehead atoms. The summed E-state index contributed by atoms with van der Waals surface area (Å²) in [6.45, 7) is 16.1. The summed E-state index contributed by atoms with van der Waals surface area (Å²) >= 11 is 0. The van der Waals surface area contributed by atoms with E-state index in [9.17, 15) is 14.4 Å². The van der Waals surface area contributed by atoms with E-state index in [1.807, 2.05) is 0 Å². The lowest BCUT2D eigenvalue weighted by Crippen LogP contribution is -2.44. The van der Waals surface area contributed by atoms with E-state index in [2.05, 4.69) is 44.5 Å². The zero-order valence-electron chi connectivity index (χ0n) is 41.3. The molecule has 0 amide bonds. The van der Waals surface area contributed by atoms with Crippen molar-refractivity contribution in [1.82, 2.24) is 9.80 Å².